The summed E-state index contributed by atoms with van der Waals surface area (Å²) in [7, 11) is 0. The Hall–Kier alpha value is -4.44. The maximum atomic E-state index is 8.78. The number of rotatable bonds is 6. The van der Waals surface area contributed by atoms with Crippen molar-refractivity contribution in [1.82, 2.24) is 15.0 Å². The zero-order valence-electron chi connectivity index (χ0n) is 37.3. The molecule has 4 heterocycles. The molecule has 7 rings (SSSR count). The molecule has 4 aromatic heterocycles. The minimum absolute atomic E-state index is 0. The summed E-state index contributed by atoms with van der Waals surface area (Å²) < 4.78 is 78.2. The first-order chi connectivity index (χ1) is 26.4. The van der Waals surface area contributed by atoms with Crippen LogP contribution in [0, 0.1) is 25.8 Å². The van der Waals surface area contributed by atoms with Gasteiger partial charge in [0.1, 0.15) is 0 Å². The zero-order chi connectivity index (χ0) is 41.7. The molecule has 0 atom stereocenters. The van der Waals surface area contributed by atoms with Crippen molar-refractivity contribution in [3.8, 4) is 33.8 Å². The molecule has 7 aromatic rings. The van der Waals surface area contributed by atoms with Gasteiger partial charge in [0.15, 0.2) is 0 Å². The minimum Gasteiger partial charge on any atom is -0.486 e. The van der Waals surface area contributed by atoms with Crippen molar-refractivity contribution in [3.05, 3.63) is 137 Å². The summed E-state index contributed by atoms with van der Waals surface area (Å²) in [5.41, 5.74) is 6.90. The van der Waals surface area contributed by atoms with Crippen LogP contribution in [-0.4, -0.2) is 15.0 Å². The fraction of sp³-hybridized carbons (Fsp3) is 0.250. The monoisotopic (exact) mass is 831 g/mol. The number of nitrogens with zero attached hydrogens (tertiary/aromatic N) is 3. The Kier molecular flexibility index (Phi) is 8.02. The second kappa shape index (κ2) is 15.4. The number of furan rings is 1. The van der Waals surface area contributed by atoms with Crippen LogP contribution in [-0.2, 0) is 20.1 Å². The topological polar surface area (TPSA) is 51.8 Å². The number of hydrogen-bond acceptors (Lipinski definition) is 4. The average Bonchev–Trinajstić information content (AvgIpc) is 3.51. The Morgan fingerprint density at radius 3 is 2.04 bits per heavy atom. The SMILES string of the molecule is [2H]C([2H])([2H])c1cc(-c2[c-]ccc3c2oc2nc(-c4c(C([2H])(C)C)cccc4C([2H])(C)C)ccc23)ncc1C([2H])(C)C.[2H]C([2H])([2H])c1ccc(-c2[c-]cccc2)nc1.[Ir]. The Labute approximate surface area is 317 Å². The van der Waals surface area contributed by atoms with Crippen LogP contribution in [0.2, 0.25) is 0 Å². The van der Waals surface area contributed by atoms with E-state index in [1.807, 2.05) is 82.3 Å². The second-order valence-corrected chi connectivity index (χ2v) is 12.3. The molecule has 0 fully saturated rings. The number of hydrogen-bond donors (Lipinski definition) is 0. The quantitative estimate of drug-likeness (QED) is 0.157. The van der Waals surface area contributed by atoms with E-state index in [1.54, 1.807) is 38.1 Å². The van der Waals surface area contributed by atoms with Gasteiger partial charge in [0.2, 0.25) is 5.71 Å². The van der Waals surface area contributed by atoms with Gasteiger partial charge in [-0.25, -0.2) is 4.98 Å². The Bertz CT molecular complexity index is 2510. The van der Waals surface area contributed by atoms with Crippen LogP contribution in [0.5, 0.6) is 0 Å². The molecule has 0 N–H and O–H groups in total. The number of aryl methyl sites for hydroxylation is 2. The molecule has 0 spiro atoms. The Morgan fingerprint density at radius 2 is 1.41 bits per heavy atom. The van der Waals surface area contributed by atoms with Crippen molar-refractivity contribution in [3.63, 3.8) is 0 Å². The molecular formula is C44H43IrN3O-2. The fourth-order valence-electron chi connectivity index (χ4n) is 5.71. The zero-order valence-corrected chi connectivity index (χ0v) is 30.7. The number of aromatic nitrogens is 3. The van der Waals surface area contributed by atoms with Crippen LogP contribution in [0.1, 0.15) is 99.4 Å². The van der Waals surface area contributed by atoms with E-state index >= 15 is 0 Å². The number of pyridine rings is 3. The van der Waals surface area contributed by atoms with E-state index in [-0.39, 0.29) is 31.2 Å². The van der Waals surface area contributed by atoms with Crippen molar-refractivity contribution in [1.29, 1.82) is 0 Å². The van der Waals surface area contributed by atoms with Gasteiger partial charge < -0.3 is 14.4 Å². The van der Waals surface area contributed by atoms with Crippen LogP contribution in [0.3, 0.4) is 0 Å². The molecule has 4 nitrogen and oxygen atoms in total. The van der Waals surface area contributed by atoms with Gasteiger partial charge in [-0.05, 0) is 77.2 Å². The van der Waals surface area contributed by atoms with Gasteiger partial charge in [0, 0.05) is 55.8 Å². The molecule has 0 bridgehead atoms. The van der Waals surface area contributed by atoms with E-state index in [1.165, 1.54) is 18.5 Å². The van der Waals surface area contributed by atoms with Gasteiger partial charge in [-0.2, -0.15) is 0 Å². The summed E-state index contributed by atoms with van der Waals surface area (Å²) >= 11 is 0. The second-order valence-electron chi connectivity index (χ2n) is 12.3. The summed E-state index contributed by atoms with van der Waals surface area (Å²) in [6, 6.07) is 31.6. The van der Waals surface area contributed by atoms with Crippen molar-refractivity contribution in [2.45, 2.75) is 72.9 Å². The molecule has 0 saturated carbocycles. The van der Waals surface area contributed by atoms with Crippen LogP contribution < -0.4 is 0 Å². The standard InChI is InChI=1S/C32H33N2O.C12H10N.Ir/c1-18(2)22-10-8-11-23(19(3)4)30(22)28-15-14-25-24-12-9-13-26(31(24)35-32(25)34-28)29-16-21(7)27(17-33-29)20(5)6;1-10-7-8-12(13-9-10)11-5-3-2-4-6-11;/h8-12,14-20H,1-7H3;2-5,7-9H,1H3;/q2*-1;/i7D3,18D,19D,20D;1D3;. The molecule has 251 valence electrons. The van der Waals surface area contributed by atoms with Crippen LogP contribution in [0.25, 0.3) is 55.8 Å². The molecule has 0 aliphatic carbocycles. The molecule has 0 amide bonds. The van der Waals surface area contributed by atoms with Gasteiger partial charge in [-0.15, -0.1) is 54.1 Å². The maximum Gasteiger partial charge on any atom is 0.216 e. The molecule has 0 aliphatic rings. The van der Waals surface area contributed by atoms with Gasteiger partial charge in [0.05, 0.1) is 11.3 Å². The third kappa shape index (κ3) is 7.59. The number of fused-ring (bicyclic) bond motifs is 3. The first-order valence-corrected chi connectivity index (χ1v) is 15.8. The van der Waals surface area contributed by atoms with Crippen LogP contribution in [0.4, 0.5) is 0 Å². The molecule has 3 aromatic carbocycles. The summed E-state index contributed by atoms with van der Waals surface area (Å²) in [6.07, 6.45) is 2.85. The first-order valence-electron chi connectivity index (χ1n) is 20.3. The van der Waals surface area contributed by atoms with Crippen molar-refractivity contribution in [2.24, 2.45) is 0 Å². The molecule has 0 aliphatic heterocycles. The maximum absolute atomic E-state index is 8.78. The van der Waals surface area contributed by atoms with Gasteiger partial charge in [-0.1, -0.05) is 94.5 Å². The predicted octanol–water partition coefficient (Wildman–Crippen LogP) is 12.0. The fourth-order valence-corrected chi connectivity index (χ4v) is 5.71. The van der Waals surface area contributed by atoms with E-state index < -0.39 is 31.4 Å². The number of benzene rings is 3. The van der Waals surface area contributed by atoms with E-state index in [4.69, 9.17) is 21.7 Å². The van der Waals surface area contributed by atoms with Gasteiger partial charge in [-0.3, -0.25) is 0 Å². The van der Waals surface area contributed by atoms with Crippen molar-refractivity contribution < 1.29 is 36.9 Å². The van der Waals surface area contributed by atoms with E-state index in [0.717, 1.165) is 38.7 Å². The Balaban J connectivity index is 0.000000315. The normalized spacial score (nSPS) is 15.1. The summed E-state index contributed by atoms with van der Waals surface area (Å²) in [6.45, 7) is 6.05. The average molecular weight is 831 g/mol. The van der Waals surface area contributed by atoms with Crippen molar-refractivity contribution in [2.75, 3.05) is 0 Å². The molecule has 49 heavy (non-hydrogen) atoms. The van der Waals surface area contributed by atoms with Crippen LogP contribution in [0.15, 0.2) is 102 Å². The Morgan fingerprint density at radius 1 is 0.673 bits per heavy atom. The molecule has 0 saturated heterocycles. The largest absolute Gasteiger partial charge is 0.486 e. The molecule has 1 radical (unpaired) electrons. The summed E-state index contributed by atoms with van der Waals surface area (Å²) in [5.74, 6) is -2.98. The van der Waals surface area contributed by atoms with E-state index in [9.17, 15) is 0 Å². The van der Waals surface area contributed by atoms with E-state index in [2.05, 4.69) is 22.1 Å². The predicted molar refractivity (Wildman–Crippen MR) is 199 cm³/mol. The summed E-state index contributed by atoms with van der Waals surface area (Å²) in [4.78, 5) is 13.5. The van der Waals surface area contributed by atoms with E-state index in [0.29, 0.717) is 33.8 Å². The van der Waals surface area contributed by atoms with Crippen LogP contribution >= 0.6 is 0 Å². The molecule has 0 unspecified atom stereocenters. The molecular weight excluding hydrogens is 779 g/mol. The third-order valence-corrected chi connectivity index (χ3v) is 8.14. The third-order valence-electron chi connectivity index (χ3n) is 8.14. The van der Waals surface area contributed by atoms with Crippen molar-refractivity contribution >= 4 is 22.1 Å². The first kappa shape index (κ1) is 25.5. The van der Waals surface area contributed by atoms with Gasteiger partial charge >= 0.3 is 0 Å². The van der Waals surface area contributed by atoms with Gasteiger partial charge in [0.25, 0.3) is 0 Å². The smallest absolute Gasteiger partial charge is 0.216 e. The summed E-state index contributed by atoms with van der Waals surface area (Å²) in [5, 5.41) is 1.55. The molecule has 5 heteroatoms. The minimum atomic E-state index is -2.42.